The standard InChI is InChI=1S/C21H22N2O6/c24-18(25)21(19(26)28-13-16-7-3-1-4-8-16)15-22-11-12-23(21)20(27)29-14-17-9-5-2-6-10-17/h1-10,22H,11-15H2,(H,24,25)/p-1. The molecule has 1 fully saturated rings. The molecule has 1 amide bonds. The number of carbonyl (C=O) groups is 3. The fourth-order valence-electron chi connectivity index (χ4n) is 3.08. The lowest BCUT2D eigenvalue weighted by atomic mass is 9.95. The molecule has 0 bridgehead atoms. The minimum atomic E-state index is -2.30. The van der Waals surface area contributed by atoms with Crippen molar-refractivity contribution >= 4 is 18.0 Å². The van der Waals surface area contributed by atoms with E-state index in [1.165, 1.54) is 0 Å². The van der Waals surface area contributed by atoms with Crippen LogP contribution in [-0.4, -0.2) is 48.1 Å². The second kappa shape index (κ2) is 9.20. The van der Waals surface area contributed by atoms with Crippen LogP contribution in [0.4, 0.5) is 4.79 Å². The monoisotopic (exact) mass is 397 g/mol. The van der Waals surface area contributed by atoms with Gasteiger partial charge in [-0.1, -0.05) is 60.7 Å². The molecule has 1 aliphatic heterocycles. The molecular weight excluding hydrogens is 376 g/mol. The molecular formula is C21H21N2O6-. The molecule has 1 unspecified atom stereocenters. The van der Waals surface area contributed by atoms with Crippen molar-refractivity contribution in [2.24, 2.45) is 0 Å². The Kier molecular flexibility index (Phi) is 6.46. The first-order valence-corrected chi connectivity index (χ1v) is 9.15. The number of nitrogens with zero attached hydrogens (tertiary/aromatic N) is 1. The summed E-state index contributed by atoms with van der Waals surface area (Å²) in [5, 5.41) is 14.8. The average molecular weight is 397 g/mol. The molecule has 3 rings (SSSR count). The van der Waals surface area contributed by atoms with E-state index >= 15 is 0 Å². The van der Waals surface area contributed by atoms with Crippen LogP contribution in [0.5, 0.6) is 0 Å². The summed E-state index contributed by atoms with van der Waals surface area (Å²) in [7, 11) is 0. The molecule has 0 saturated carbocycles. The number of rotatable bonds is 6. The highest BCUT2D eigenvalue weighted by Gasteiger charge is 2.52. The number of aliphatic carboxylic acids is 1. The number of amides is 1. The van der Waals surface area contributed by atoms with E-state index in [9.17, 15) is 19.5 Å². The molecule has 2 aromatic rings. The highest BCUT2D eigenvalue weighted by Crippen LogP contribution is 2.22. The van der Waals surface area contributed by atoms with Crippen LogP contribution in [0, 0.1) is 0 Å². The van der Waals surface area contributed by atoms with Gasteiger partial charge in [0.15, 0.2) is 5.54 Å². The molecule has 8 heteroatoms. The molecule has 152 valence electrons. The number of benzene rings is 2. The van der Waals surface area contributed by atoms with Crippen LogP contribution in [0.25, 0.3) is 0 Å². The van der Waals surface area contributed by atoms with Crippen LogP contribution >= 0.6 is 0 Å². The Morgan fingerprint density at radius 2 is 1.48 bits per heavy atom. The van der Waals surface area contributed by atoms with Gasteiger partial charge in [-0.05, 0) is 11.1 Å². The van der Waals surface area contributed by atoms with Crippen molar-refractivity contribution in [1.29, 1.82) is 0 Å². The van der Waals surface area contributed by atoms with Crippen LogP contribution in [0.15, 0.2) is 60.7 Å². The summed E-state index contributed by atoms with van der Waals surface area (Å²) in [4.78, 5) is 38.3. The first-order valence-electron chi connectivity index (χ1n) is 9.15. The molecule has 0 radical (unpaired) electrons. The van der Waals surface area contributed by atoms with Crippen molar-refractivity contribution in [3.05, 3.63) is 71.8 Å². The van der Waals surface area contributed by atoms with Gasteiger partial charge in [0.25, 0.3) is 0 Å². The topological polar surface area (TPSA) is 108 Å². The molecule has 0 spiro atoms. The summed E-state index contributed by atoms with van der Waals surface area (Å²) in [6.45, 7) is -0.236. The quantitative estimate of drug-likeness (QED) is 0.557. The Morgan fingerprint density at radius 3 is 2.03 bits per heavy atom. The molecule has 8 nitrogen and oxygen atoms in total. The summed E-state index contributed by atoms with van der Waals surface area (Å²) < 4.78 is 10.5. The summed E-state index contributed by atoms with van der Waals surface area (Å²) in [6.07, 6.45) is -0.920. The van der Waals surface area contributed by atoms with E-state index < -0.39 is 23.6 Å². The number of esters is 1. The van der Waals surface area contributed by atoms with Crippen molar-refractivity contribution in [2.75, 3.05) is 19.6 Å². The van der Waals surface area contributed by atoms with E-state index in [2.05, 4.69) is 5.32 Å². The Labute approximate surface area is 168 Å². The third-order valence-electron chi connectivity index (χ3n) is 4.67. The lowest BCUT2D eigenvalue weighted by Gasteiger charge is -2.44. The van der Waals surface area contributed by atoms with Crippen molar-refractivity contribution in [1.82, 2.24) is 10.2 Å². The highest BCUT2D eigenvalue weighted by atomic mass is 16.6. The van der Waals surface area contributed by atoms with Gasteiger partial charge in [0.2, 0.25) is 0 Å². The minimum absolute atomic E-state index is 0.0396. The maximum atomic E-state index is 12.8. The van der Waals surface area contributed by atoms with Crippen LogP contribution in [0.1, 0.15) is 11.1 Å². The summed E-state index contributed by atoms with van der Waals surface area (Å²) >= 11 is 0. The van der Waals surface area contributed by atoms with Gasteiger partial charge in [-0.15, -0.1) is 0 Å². The molecule has 29 heavy (non-hydrogen) atoms. The fourth-order valence-corrected chi connectivity index (χ4v) is 3.08. The maximum absolute atomic E-state index is 12.8. The fraction of sp³-hybridized carbons (Fsp3) is 0.286. The van der Waals surface area contributed by atoms with Crippen molar-refractivity contribution in [3.63, 3.8) is 0 Å². The van der Waals surface area contributed by atoms with Crippen molar-refractivity contribution in [3.8, 4) is 0 Å². The van der Waals surface area contributed by atoms with Crippen molar-refractivity contribution < 1.29 is 29.0 Å². The molecule has 1 heterocycles. The number of carboxylic acids is 1. The van der Waals surface area contributed by atoms with Crippen LogP contribution in [0.2, 0.25) is 0 Å². The molecule has 1 saturated heterocycles. The van der Waals surface area contributed by atoms with Gasteiger partial charge in [0, 0.05) is 19.6 Å². The van der Waals surface area contributed by atoms with E-state index in [1.54, 1.807) is 48.5 Å². The van der Waals surface area contributed by atoms with Gasteiger partial charge in [-0.25, -0.2) is 9.59 Å². The number of hydrogen-bond acceptors (Lipinski definition) is 7. The molecule has 0 aromatic heterocycles. The lowest BCUT2D eigenvalue weighted by Crippen LogP contribution is -2.74. The smallest absolute Gasteiger partial charge is 0.411 e. The second-order valence-electron chi connectivity index (χ2n) is 6.58. The zero-order chi connectivity index (χ0) is 20.7. The normalized spacial score (nSPS) is 18.7. The maximum Gasteiger partial charge on any atom is 0.411 e. The first-order chi connectivity index (χ1) is 14.0. The zero-order valence-electron chi connectivity index (χ0n) is 15.7. The van der Waals surface area contributed by atoms with Crippen LogP contribution < -0.4 is 10.4 Å². The number of ether oxygens (including phenoxy) is 2. The number of nitrogens with one attached hydrogen (secondary N) is 1. The summed E-state index contributed by atoms with van der Waals surface area (Å²) in [5.74, 6) is -2.80. The minimum Gasteiger partial charge on any atom is -0.547 e. The largest absolute Gasteiger partial charge is 0.547 e. The van der Waals surface area contributed by atoms with Gasteiger partial charge >= 0.3 is 12.1 Å². The van der Waals surface area contributed by atoms with E-state index in [0.717, 1.165) is 10.5 Å². The van der Waals surface area contributed by atoms with E-state index in [-0.39, 0.29) is 26.3 Å². The van der Waals surface area contributed by atoms with Gasteiger partial charge in [0.05, 0.1) is 5.97 Å². The Balaban J connectivity index is 1.75. The molecule has 1 aliphatic rings. The Morgan fingerprint density at radius 1 is 0.931 bits per heavy atom. The van der Waals surface area contributed by atoms with Crippen LogP contribution in [-0.2, 0) is 32.3 Å². The zero-order valence-corrected chi connectivity index (χ0v) is 15.7. The van der Waals surface area contributed by atoms with Gasteiger partial charge < -0.3 is 24.7 Å². The number of piperazine rings is 1. The van der Waals surface area contributed by atoms with Gasteiger partial charge in [0.1, 0.15) is 13.2 Å². The molecule has 0 aliphatic carbocycles. The SMILES string of the molecule is O=C(OCc1ccccc1)N1CCNCC1(C(=O)[O-])C(=O)OCc1ccccc1. The van der Waals surface area contributed by atoms with E-state index in [4.69, 9.17) is 9.47 Å². The predicted octanol–water partition coefficient (Wildman–Crippen LogP) is 0.460. The third kappa shape index (κ3) is 4.55. The Bertz CT molecular complexity index is 858. The number of carbonyl (C=O) groups excluding carboxylic acids is 3. The third-order valence-corrected chi connectivity index (χ3v) is 4.67. The second-order valence-corrected chi connectivity index (χ2v) is 6.58. The van der Waals surface area contributed by atoms with Gasteiger partial charge in [-0.2, -0.15) is 0 Å². The summed E-state index contributed by atoms with van der Waals surface area (Å²) in [5.41, 5.74) is -0.876. The number of hydrogen-bond donors (Lipinski definition) is 1. The van der Waals surface area contributed by atoms with E-state index in [0.29, 0.717) is 12.1 Å². The Hall–Kier alpha value is -3.39. The molecule has 2 aromatic carbocycles. The molecule has 1 N–H and O–H groups in total. The molecule has 1 atom stereocenters. The average Bonchev–Trinajstić information content (AvgIpc) is 2.77. The number of carboxylic acid groups (broad SMARTS) is 1. The lowest BCUT2D eigenvalue weighted by molar-refractivity contribution is -0.318. The first kappa shape index (κ1) is 20.3. The van der Waals surface area contributed by atoms with Crippen LogP contribution in [0.3, 0.4) is 0 Å². The predicted molar refractivity (Wildman–Crippen MR) is 100 cm³/mol. The van der Waals surface area contributed by atoms with Gasteiger partial charge in [-0.3, -0.25) is 4.90 Å². The van der Waals surface area contributed by atoms with E-state index in [1.807, 2.05) is 12.1 Å². The highest BCUT2D eigenvalue weighted by molar-refractivity contribution is 6.06. The van der Waals surface area contributed by atoms with Crippen molar-refractivity contribution in [2.45, 2.75) is 18.8 Å². The summed E-state index contributed by atoms with van der Waals surface area (Å²) in [6, 6.07) is 17.8.